The van der Waals surface area contributed by atoms with E-state index in [1.807, 2.05) is 21.1 Å². The Morgan fingerprint density at radius 2 is 1.00 bits per heavy atom. The van der Waals surface area contributed by atoms with E-state index in [1.54, 1.807) is 0 Å². The van der Waals surface area contributed by atoms with Crippen molar-refractivity contribution in [2.45, 2.75) is 193 Å². The Bertz CT molecular complexity index is 891. The first kappa shape index (κ1) is 49.8. The number of rotatable bonds is 38. The van der Waals surface area contributed by atoms with Gasteiger partial charge < -0.3 is 18.9 Å². The lowest BCUT2D eigenvalue weighted by Gasteiger charge is -2.24. The van der Waals surface area contributed by atoms with Crippen molar-refractivity contribution in [3.05, 3.63) is 12.2 Å². The molecule has 2 atom stereocenters. The molecular weight excluding hydrogens is 665 g/mol. The van der Waals surface area contributed by atoms with Crippen molar-refractivity contribution >= 4 is 19.8 Å². The first-order valence-electron chi connectivity index (χ1n) is 20.9. The number of hydrogen-bond donors (Lipinski definition) is 1. The summed E-state index contributed by atoms with van der Waals surface area (Å²) in [4.78, 5) is 35.1. The SMILES string of the molecule is CCCCCCCC/C=C/CCCCCCCCCCCC(=O)OC[C@@H](COP(=O)(O)OCC[N+](C)(C)C)OC(=O)CCCCCCCCCC. The molecule has 51 heavy (non-hydrogen) atoms. The minimum atomic E-state index is -4.36. The second-order valence-electron chi connectivity index (χ2n) is 15.4. The summed E-state index contributed by atoms with van der Waals surface area (Å²) < 4.78 is 34.1. The molecule has 0 bridgehead atoms. The van der Waals surface area contributed by atoms with Crippen LogP contribution in [-0.4, -0.2) is 74.9 Å². The van der Waals surface area contributed by atoms with Crippen molar-refractivity contribution < 1.29 is 42.1 Å². The molecule has 0 fully saturated rings. The number of carbonyl (C=O) groups excluding carboxylic acids is 2. The van der Waals surface area contributed by atoms with Gasteiger partial charge in [-0.3, -0.25) is 18.6 Å². The molecule has 0 rings (SSSR count). The number of likely N-dealkylation sites (N-methyl/N-ethyl adjacent to an activating group) is 1. The van der Waals surface area contributed by atoms with Crippen LogP contribution in [0.25, 0.3) is 0 Å². The lowest BCUT2D eigenvalue weighted by atomic mass is 10.1. The van der Waals surface area contributed by atoms with E-state index in [2.05, 4.69) is 26.0 Å². The molecule has 0 amide bonds. The average molecular weight is 747 g/mol. The predicted octanol–water partition coefficient (Wildman–Crippen LogP) is 11.4. The molecule has 1 unspecified atom stereocenters. The number of allylic oxidation sites excluding steroid dienone is 2. The minimum Gasteiger partial charge on any atom is -0.462 e. The van der Waals surface area contributed by atoms with E-state index in [9.17, 15) is 19.0 Å². The molecule has 0 radical (unpaired) electrons. The number of unbranched alkanes of at least 4 members (excludes halogenated alkanes) is 22. The molecule has 0 heterocycles. The van der Waals surface area contributed by atoms with E-state index in [-0.39, 0.29) is 25.6 Å². The van der Waals surface area contributed by atoms with Crippen LogP contribution in [0.5, 0.6) is 0 Å². The topological polar surface area (TPSA) is 108 Å². The summed E-state index contributed by atoms with van der Waals surface area (Å²) in [5, 5.41) is 0. The second-order valence-corrected chi connectivity index (χ2v) is 16.8. The number of ether oxygens (including phenoxy) is 2. The molecule has 0 saturated heterocycles. The van der Waals surface area contributed by atoms with Gasteiger partial charge in [0.25, 0.3) is 0 Å². The normalized spacial score (nSPS) is 13.8. The number of nitrogens with zero attached hydrogens (tertiary/aromatic N) is 1. The summed E-state index contributed by atoms with van der Waals surface area (Å²) in [7, 11) is 1.48. The number of esters is 2. The van der Waals surface area contributed by atoms with Crippen molar-refractivity contribution in [2.75, 3.05) is 47.5 Å². The van der Waals surface area contributed by atoms with Gasteiger partial charge >= 0.3 is 19.8 Å². The monoisotopic (exact) mass is 747 g/mol. The number of phosphoric acid groups is 1. The Morgan fingerprint density at radius 3 is 1.45 bits per heavy atom. The predicted molar refractivity (Wildman–Crippen MR) is 211 cm³/mol. The third-order valence-electron chi connectivity index (χ3n) is 9.05. The van der Waals surface area contributed by atoms with Gasteiger partial charge in [-0.1, -0.05) is 148 Å². The standard InChI is InChI=1S/C41H80NO8P/c1-6-8-10-12-14-16-17-18-19-20-21-22-23-24-25-26-28-29-31-33-40(43)47-37-39(38-49-51(45,46)48-36-35-42(3,4)5)50-41(44)34-32-30-27-15-13-11-9-7-2/h18-19,39H,6-17,20-38H2,1-5H3/p+1/b19-18+/t39-/m0/s1. The van der Waals surface area contributed by atoms with Crippen LogP contribution < -0.4 is 0 Å². The Hall–Kier alpha value is -1.25. The zero-order chi connectivity index (χ0) is 37.9. The van der Waals surface area contributed by atoms with Crippen molar-refractivity contribution in [1.29, 1.82) is 0 Å². The van der Waals surface area contributed by atoms with Crippen LogP contribution in [0.15, 0.2) is 12.2 Å². The molecule has 0 aliphatic rings. The highest BCUT2D eigenvalue weighted by molar-refractivity contribution is 7.47. The smallest absolute Gasteiger partial charge is 0.462 e. The molecule has 1 N–H and O–H groups in total. The molecule has 0 aliphatic carbocycles. The summed E-state index contributed by atoms with van der Waals surface area (Å²) in [5.41, 5.74) is 0. The highest BCUT2D eigenvalue weighted by Crippen LogP contribution is 2.43. The molecule has 10 heteroatoms. The van der Waals surface area contributed by atoms with Crippen molar-refractivity contribution in [3.8, 4) is 0 Å². The maximum Gasteiger partial charge on any atom is 0.472 e. The fourth-order valence-corrected chi connectivity index (χ4v) is 6.46. The number of hydrogen-bond acceptors (Lipinski definition) is 7. The van der Waals surface area contributed by atoms with Crippen molar-refractivity contribution in [2.24, 2.45) is 0 Å². The summed E-state index contributed by atoms with van der Waals surface area (Å²) in [6.45, 7) is 4.39. The zero-order valence-corrected chi connectivity index (χ0v) is 34.7. The van der Waals surface area contributed by atoms with E-state index >= 15 is 0 Å². The van der Waals surface area contributed by atoms with Crippen LogP contribution >= 0.6 is 7.82 Å². The highest BCUT2D eigenvalue weighted by atomic mass is 31.2. The van der Waals surface area contributed by atoms with Gasteiger partial charge in [0.15, 0.2) is 6.10 Å². The summed E-state index contributed by atoms with van der Waals surface area (Å²) in [6, 6.07) is 0. The van der Waals surface area contributed by atoms with Gasteiger partial charge in [-0.25, -0.2) is 4.57 Å². The van der Waals surface area contributed by atoms with Gasteiger partial charge in [0.1, 0.15) is 19.8 Å². The van der Waals surface area contributed by atoms with Crippen molar-refractivity contribution in [3.63, 3.8) is 0 Å². The third kappa shape index (κ3) is 38.3. The largest absolute Gasteiger partial charge is 0.472 e. The van der Waals surface area contributed by atoms with E-state index in [4.69, 9.17) is 18.5 Å². The van der Waals surface area contributed by atoms with Gasteiger partial charge in [0.05, 0.1) is 27.7 Å². The zero-order valence-electron chi connectivity index (χ0n) is 33.9. The molecule has 0 aromatic rings. The van der Waals surface area contributed by atoms with E-state index in [0.717, 1.165) is 32.1 Å². The number of carbonyl (C=O) groups is 2. The van der Waals surface area contributed by atoms with E-state index in [1.165, 1.54) is 122 Å². The lowest BCUT2D eigenvalue weighted by Crippen LogP contribution is -2.37. The molecule has 0 spiro atoms. The lowest BCUT2D eigenvalue weighted by molar-refractivity contribution is -0.870. The Morgan fingerprint density at radius 1 is 0.588 bits per heavy atom. The van der Waals surface area contributed by atoms with Crippen LogP contribution in [0.2, 0.25) is 0 Å². The van der Waals surface area contributed by atoms with Gasteiger partial charge in [0.2, 0.25) is 0 Å². The van der Waals surface area contributed by atoms with E-state index < -0.39 is 26.5 Å². The third-order valence-corrected chi connectivity index (χ3v) is 10.0. The number of phosphoric ester groups is 1. The number of quaternary nitrogens is 1. The fourth-order valence-electron chi connectivity index (χ4n) is 5.71. The first-order valence-corrected chi connectivity index (χ1v) is 22.4. The molecule has 9 nitrogen and oxygen atoms in total. The summed E-state index contributed by atoms with van der Waals surface area (Å²) in [6.07, 6.45) is 34.1. The molecule has 302 valence electrons. The van der Waals surface area contributed by atoms with Crippen LogP contribution in [0.3, 0.4) is 0 Å². The Balaban J connectivity index is 4.23. The van der Waals surface area contributed by atoms with Gasteiger partial charge in [0, 0.05) is 12.8 Å². The molecule has 0 aromatic heterocycles. The summed E-state index contributed by atoms with van der Waals surface area (Å²) >= 11 is 0. The summed E-state index contributed by atoms with van der Waals surface area (Å²) in [5.74, 6) is -0.800. The fraction of sp³-hybridized carbons (Fsp3) is 0.902. The molecule has 0 aliphatic heterocycles. The quantitative estimate of drug-likeness (QED) is 0.0219. The minimum absolute atomic E-state index is 0.0341. The molecule has 0 aromatic carbocycles. The molecular formula is C41H81NO8P+. The maximum absolute atomic E-state index is 12.6. The molecule has 0 saturated carbocycles. The van der Waals surface area contributed by atoms with Gasteiger partial charge in [-0.15, -0.1) is 0 Å². The van der Waals surface area contributed by atoms with Gasteiger partial charge in [-0.05, 0) is 38.5 Å². The van der Waals surface area contributed by atoms with Gasteiger partial charge in [-0.2, -0.15) is 0 Å². The van der Waals surface area contributed by atoms with E-state index in [0.29, 0.717) is 23.9 Å². The van der Waals surface area contributed by atoms with Crippen LogP contribution in [0.4, 0.5) is 0 Å². The first-order chi connectivity index (χ1) is 24.5. The van der Waals surface area contributed by atoms with Crippen LogP contribution in [0.1, 0.15) is 187 Å². The Kier molecular flexibility index (Phi) is 33.7. The average Bonchev–Trinajstić information content (AvgIpc) is 3.07. The van der Waals surface area contributed by atoms with Crippen LogP contribution in [0, 0.1) is 0 Å². The van der Waals surface area contributed by atoms with Crippen LogP contribution in [-0.2, 0) is 32.7 Å². The van der Waals surface area contributed by atoms with Crippen molar-refractivity contribution in [1.82, 2.24) is 0 Å². The Labute approximate surface area is 314 Å². The maximum atomic E-state index is 12.6. The second kappa shape index (κ2) is 34.5. The highest BCUT2D eigenvalue weighted by Gasteiger charge is 2.27.